The van der Waals surface area contributed by atoms with Crippen LogP contribution < -0.4 is 0 Å². The molecule has 3 nitrogen and oxygen atoms in total. The molecule has 0 saturated heterocycles. The summed E-state index contributed by atoms with van der Waals surface area (Å²) in [6.45, 7) is 0. The summed E-state index contributed by atoms with van der Waals surface area (Å²) >= 11 is 2.30. The Morgan fingerprint density at radius 2 is 1.56 bits per heavy atom. The highest BCUT2D eigenvalue weighted by Gasteiger charge is 2.29. The Bertz CT molecular complexity index is 923. The van der Waals surface area contributed by atoms with Crippen LogP contribution in [0, 0.1) is 0 Å². The van der Waals surface area contributed by atoms with Crippen LogP contribution in [-0.4, -0.2) is 12.1 Å². The van der Waals surface area contributed by atoms with Crippen LogP contribution in [0.4, 0.5) is 0 Å². The Morgan fingerprint density at radius 1 is 0.920 bits per heavy atom. The molecular formula is C21H16INO2. The smallest absolute Gasteiger partial charge is 0.228 e. The molecule has 1 atom stereocenters. The lowest BCUT2D eigenvalue weighted by Gasteiger charge is -2.28. The molecule has 0 bridgehead atoms. The lowest BCUT2D eigenvalue weighted by atomic mass is 10.0. The van der Waals surface area contributed by atoms with E-state index in [9.17, 15) is 0 Å². The molecule has 0 spiro atoms. The fourth-order valence-electron chi connectivity index (χ4n) is 2.92. The molecule has 1 unspecified atom stereocenters. The van der Waals surface area contributed by atoms with Gasteiger partial charge in [-0.05, 0) is 34.2 Å². The molecule has 1 aromatic heterocycles. The molecule has 1 aliphatic rings. The summed E-state index contributed by atoms with van der Waals surface area (Å²) in [5.74, 6) is 0.806. The number of halogens is 1. The molecule has 0 saturated carbocycles. The second-order valence-electron chi connectivity index (χ2n) is 5.72. The molecule has 2 aromatic carbocycles. The van der Waals surface area contributed by atoms with Gasteiger partial charge in [0.15, 0.2) is 0 Å². The molecule has 3 aromatic rings. The number of nitrogens with zero attached hydrogens (tertiary/aromatic N) is 1. The Balaban J connectivity index is 1.84. The molecule has 0 N–H and O–H groups in total. The number of fused-ring (bicyclic) bond motifs is 1. The van der Waals surface area contributed by atoms with Crippen molar-refractivity contribution in [3.8, 4) is 11.1 Å². The number of rotatable bonds is 3. The van der Waals surface area contributed by atoms with E-state index in [2.05, 4.69) is 40.8 Å². The van der Waals surface area contributed by atoms with Crippen molar-refractivity contribution in [3.63, 3.8) is 0 Å². The quantitative estimate of drug-likeness (QED) is 0.490. The zero-order valence-corrected chi connectivity index (χ0v) is 15.8. The Labute approximate surface area is 160 Å². The van der Waals surface area contributed by atoms with E-state index in [4.69, 9.17) is 14.5 Å². The maximum absolute atomic E-state index is 6.16. The van der Waals surface area contributed by atoms with Gasteiger partial charge in [0, 0.05) is 30.0 Å². The molecule has 1 aliphatic heterocycles. The minimum atomic E-state index is -0.472. The Hall–Kier alpha value is -2.18. The number of hydrogen-bond acceptors (Lipinski definition) is 3. The number of benzene rings is 2. The minimum absolute atomic E-state index is 0.472. The van der Waals surface area contributed by atoms with Gasteiger partial charge < -0.3 is 9.47 Å². The second kappa shape index (κ2) is 6.98. The van der Waals surface area contributed by atoms with Gasteiger partial charge in [0.2, 0.25) is 6.29 Å². The van der Waals surface area contributed by atoms with E-state index in [-0.39, 0.29) is 0 Å². The molecule has 124 valence electrons. The van der Waals surface area contributed by atoms with Gasteiger partial charge in [0.1, 0.15) is 5.76 Å². The van der Waals surface area contributed by atoms with Crippen molar-refractivity contribution < 1.29 is 9.47 Å². The van der Waals surface area contributed by atoms with E-state index >= 15 is 0 Å². The highest BCUT2D eigenvalue weighted by Crippen LogP contribution is 2.44. The molecule has 4 heteroatoms. The lowest BCUT2D eigenvalue weighted by molar-refractivity contribution is -0.0768. The predicted octanol–water partition coefficient (Wildman–Crippen LogP) is 5.68. The van der Waals surface area contributed by atoms with Crippen LogP contribution in [0.25, 0.3) is 20.5 Å². The first kappa shape index (κ1) is 16.3. The van der Waals surface area contributed by atoms with E-state index < -0.39 is 6.29 Å². The van der Waals surface area contributed by atoms with E-state index in [1.807, 2.05) is 54.7 Å². The van der Waals surface area contributed by atoms with Gasteiger partial charge in [0.05, 0.1) is 9.27 Å². The number of hydrogen-bond donors (Lipinski definition) is 0. The fraction of sp³-hybridized carbons (Fsp3) is 0.0952. The summed E-state index contributed by atoms with van der Waals surface area (Å²) in [5, 5.41) is 0. The number of aromatic nitrogens is 1. The van der Waals surface area contributed by atoms with Crippen LogP contribution in [-0.2, 0) is 9.47 Å². The highest BCUT2D eigenvalue weighted by atomic mass is 127. The van der Waals surface area contributed by atoms with Gasteiger partial charge in [0.25, 0.3) is 0 Å². The SMILES string of the molecule is COC1OC(c2ccccc2)=C(I)c2ncc(-c3ccccc3)cc21. The average molecular weight is 441 g/mol. The first-order valence-corrected chi connectivity index (χ1v) is 9.06. The Kier molecular flexibility index (Phi) is 4.55. The molecule has 4 rings (SSSR count). The van der Waals surface area contributed by atoms with E-state index in [1.165, 1.54) is 0 Å². The van der Waals surface area contributed by atoms with Crippen LogP contribution in [0.1, 0.15) is 23.1 Å². The zero-order chi connectivity index (χ0) is 17.2. The number of methoxy groups -OCH3 is 1. The third kappa shape index (κ3) is 3.07. The van der Waals surface area contributed by atoms with Crippen molar-refractivity contribution in [2.75, 3.05) is 7.11 Å². The van der Waals surface area contributed by atoms with Gasteiger partial charge in [-0.2, -0.15) is 0 Å². The predicted molar refractivity (Wildman–Crippen MR) is 108 cm³/mol. The van der Waals surface area contributed by atoms with E-state index in [1.54, 1.807) is 7.11 Å². The topological polar surface area (TPSA) is 31.4 Å². The molecular weight excluding hydrogens is 425 g/mol. The first-order chi connectivity index (χ1) is 12.3. The molecule has 0 aliphatic carbocycles. The number of ether oxygens (including phenoxy) is 2. The summed E-state index contributed by atoms with van der Waals surface area (Å²) < 4.78 is 12.8. The van der Waals surface area contributed by atoms with Crippen molar-refractivity contribution in [1.82, 2.24) is 4.98 Å². The van der Waals surface area contributed by atoms with Gasteiger partial charge >= 0.3 is 0 Å². The van der Waals surface area contributed by atoms with Crippen LogP contribution in [0.15, 0.2) is 72.9 Å². The molecule has 0 amide bonds. The van der Waals surface area contributed by atoms with Crippen molar-refractivity contribution in [1.29, 1.82) is 0 Å². The second-order valence-corrected chi connectivity index (χ2v) is 6.80. The van der Waals surface area contributed by atoms with Gasteiger partial charge in [-0.1, -0.05) is 60.7 Å². The van der Waals surface area contributed by atoms with E-state index in [0.717, 1.165) is 37.3 Å². The zero-order valence-electron chi connectivity index (χ0n) is 13.6. The van der Waals surface area contributed by atoms with Gasteiger partial charge in [-0.25, -0.2) is 0 Å². The van der Waals surface area contributed by atoms with Crippen LogP contribution >= 0.6 is 22.6 Å². The minimum Gasteiger partial charge on any atom is -0.459 e. The average Bonchev–Trinajstić information content (AvgIpc) is 2.69. The van der Waals surface area contributed by atoms with Crippen molar-refractivity contribution in [2.45, 2.75) is 6.29 Å². The summed E-state index contributed by atoms with van der Waals surface area (Å²) in [4.78, 5) is 4.73. The largest absolute Gasteiger partial charge is 0.459 e. The van der Waals surface area contributed by atoms with E-state index in [0.29, 0.717) is 0 Å². The summed E-state index contributed by atoms with van der Waals surface area (Å²) in [6.07, 6.45) is 1.44. The van der Waals surface area contributed by atoms with Crippen LogP contribution in [0.3, 0.4) is 0 Å². The molecule has 0 fully saturated rings. The normalized spacial score (nSPS) is 16.3. The van der Waals surface area contributed by atoms with Crippen LogP contribution in [0.2, 0.25) is 0 Å². The third-order valence-electron chi connectivity index (χ3n) is 4.16. The first-order valence-electron chi connectivity index (χ1n) is 7.98. The van der Waals surface area contributed by atoms with Gasteiger partial charge in [-0.15, -0.1) is 0 Å². The third-order valence-corrected chi connectivity index (χ3v) is 5.16. The molecule has 25 heavy (non-hydrogen) atoms. The number of pyridine rings is 1. The maximum atomic E-state index is 6.16. The van der Waals surface area contributed by atoms with Gasteiger partial charge in [-0.3, -0.25) is 4.98 Å². The summed E-state index contributed by atoms with van der Waals surface area (Å²) in [6, 6.07) is 22.4. The molecule has 2 heterocycles. The maximum Gasteiger partial charge on any atom is 0.228 e. The summed E-state index contributed by atoms with van der Waals surface area (Å²) in [7, 11) is 1.66. The van der Waals surface area contributed by atoms with Crippen molar-refractivity contribution >= 4 is 31.9 Å². The van der Waals surface area contributed by atoms with Crippen molar-refractivity contribution in [3.05, 3.63) is 89.7 Å². The monoisotopic (exact) mass is 441 g/mol. The van der Waals surface area contributed by atoms with Crippen molar-refractivity contribution in [2.24, 2.45) is 0 Å². The highest BCUT2D eigenvalue weighted by molar-refractivity contribution is 14.1. The fourth-order valence-corrected chi connectivity index (χ4v) is 3.81. The molecule has 0 radical (unpaired) electrons. The standard InChI is InChI=1S/C21H16INO2/c1-24-21-17-12-16(14-8-4-2-5-9-14)13-23-19(17)18(22)20(25-21)15-10-6-3-7-11-15/h2-13,21H,1H3. The summed E-state index contributed by atoms with van der Waals surface area (Å²) in [5.41, 5.74) is 5.07. The van der Waals surface area contributed by atoms with Crippen LogP contribution in [0.5, 0.6) is 0 Å². The Morgan fingerprint density at radius 3 is 2.20 bits per heavy atom. The lowest BCUT2D eigenvalue weighted by Crippen LogP contribution is -2.15.